The van der Waals surface area contributed by atoms with Crippen LogP contribution in [0.2, 0.25) is 0 Å². The quantitative estimate of drug-likeness (QED) is 0.652. The van der Waals surface area contributed by atoms with Crippen LogP contribution in [0.5, 0.6) is 0 Å². The summed E-state index contributed by atoms with van der Waals surface area (Å²) in [7, 11) is 0. The molecule has 2 nitrogen and oxygen atoms in total. The molecule has 3 aromatic rings. The summed E-state index contributed by atoms with van der Waals surface area (Å²) in [5, 5.41) is 1.25. The fourth-order valence-corrected chi connectivity index (χ4v) is 3.44. The molecule has 4 rings (SSSR count). The van der Waals surface area contributed by atoms with Gasteiger partial charge in [0, 0.05) is 16.6 Å². The number of aromatic nitrogens is 1. The third-order valence-electron chi connectivity index (χ3n) is 4.40. The van der Waals surface area contributed by atoms with E-state index in [0.29, 0.717) is 0 Å². The monoisotopic (exact) mass is 275 g/mol. The first kappa shape index (κ1) is 12.4. The summed E-state index contributed by atoms with van der Waals surface area (Å²) in [6.07, 6.45) is 4.49. The summed E-state index contributed by atoms with van der Waals surface area (Å²) < 4.78 is 1.94. The topological polar surface area (TPSA) is 22.0 Å². The highest BCUT2D eigenvalue weighted by molar-refractivity contribution is 6.04. The van der Waals surface area contributed by atoms with Gasteiger partial charge in [-0.15, -0.1) is 0 Å². The summed E-state index contributed by atoms with van der Waals surface area (Å²) in [4.78, 5) is 13.0. The highest BCUT2D eigenvalue weighted by Gasteiger charge is 2.23. The molecule has 1 aliphatic carbocycles. The minimum atomic E-state index is 0.0925. The van der Waals surface area contributed by atoms with Crippen LogP contribution < -0.4 is 0 Å². The lowest BCUT2D eigenvalue weighted by atomic mass is 9.95. The molecule has 21 heavy (non-hydrogen) atoms. The number of fused-ring (bicyclic) bond motifs is 3. The van der Waals surface area contributed by atoms with E-state index in [9.17, 15) is 4.79 Å². The Morgan fingerprint density at radius 1 is 0.857 bits per heavy atom. The van der Waals surface area contributed by atoms with Crippen molar-refractivity contribution >= 4 is 16.8 Å². The van der Waals surface area contributed by atoms with Crippen LogP contribution in [0.4, 0.5) is 0 Å². The third-order valence-corrected chi connectivity index (χ3v) is 4.40. The Balaban J connectivity index is 1.98. The van der Waals surface area contributed by atoms with Gasteiger partial charge in [0.1, 0.15) is 0 Å². The number of rotatable bonds is 1. The second-order valence-electron chi connectivity index (χ2n) is 5.66. The largest absolute Gasteiger partial charge is 0.280 e. The van der Waals surface area contributed by atoms with Crippen LogP contribution in [0.25, 0.3) is 10.9 Å². The van der Waals surface area contributed by atoms with Crippen molar-refractivity contribution in [1.82, 2.24) is 4.57 Å². The first-order valence-corrected chi connectivity index (χ1v) is 7.57. The molecule has 0 saturated carbocycles. The van der Waals surface area contributed by atoms with Gasteiger partial charge in [-0.2, -0.15) is 0 Å². The number of nitrogens with zero attached hydrogens (tertiary/aromatic N) is 1. The minimum absolute atomic E-state index is 0.0925. The summed E-state index contributed by atoms with van der Waals surface area (Å²) in [6, 6.07) is 17.9. The van der Waals surface area contributed by atoms with Gasteiger partial charge < -0.3 is 0 Å². The van der Waals surface area contributed by atoms with Gasteiger partial charge in [0.2, 0.25) is 0 Å². The Morgan fingerprint density at radius 2 is 1.57 bits per heavy atom. The molecular formula is C19H17NO. The van der Waals surface area contributed by atoms with Crippen LogP contribution in [-0.2, 0) is 12.8 Å². The number of carbonyl (C=O) groups is 1. The zero-order valence-corrected chi connectivity index (χ0v) is 11.9. The normalized spacial score (nSPS) is 14.1. The van der Waals surface area contributed by atoms with Gasteiger partial charge in [-0.05, 0) is 49.4 Å². The molecule has 0 saturated heterocycles. The number of carbonyl (C=O) groups excluding carboxylic acids is 1. The van der Waals surface area contributed by atoms with Crippen molar-refractivity contribution in [2.24, 2.45) is 0 Å². The van der Waals surface area contributed by atoms with Crippen molar-refractivity contribution in [3.63, 3.8) is 0 Å². The van der Waals surface area contributed by atoms with E-state index in [1.54, 1.807) is 0 Å². The summed E-state index contributed by atoms with van der Waals surface area (Å²) in [6.45, 7) is 0. The number of hydrogen-bond donors (Lipinski definition) is 0. The van der Waals surface area contributed by atoms with Gasteiger partial charge in [-0.3, -0.25) is 9.36 Å². The maximum Gasteiger partial charge on any atom is 0.262 e. The summed E-state index contributed by atoms with van der Waals surface area (Å²) in [5.41, 5.74) is 4.40. The minimum Gasteiger partial charge on any atom is -0.280 e. The summed E-state index contributed by atoms with van der Waals surface area (Å²) >= 11 is 0. The van der Waals surface area contributed by atoms with Crippen LogP contribution in [0.15, 0.2) is 54.6 Å². The zero-order valence-electron chi connectivity index (χ0n) is 11.9. The highest BCUT2D eigenvalue weighted by Crippen LogP contribution is 2.32. The molecule has 0 aliphatic heterocycles. The molecule has 0 bridgehead atoms. The summed E-state index contributed by atoms with van der Waals surface area (Å²) in [5.74, 6) is 0.0925. The van der Waals surface area contributed by atoms with Gasteiger partial charge >= 0.3 is 0 Å². The number of hydrogen-bond acceptors (Lipinski definition) is 1. The highest BCUT2D eigenvalue weighted by atomic mass is 16.2. The lowest BCUT2D eigenvalue weighted by molar-refractivity contribution is 0.0961. The first-order valence-electron chi connectivity index (χ1n) is 7.57. The van der Waals surface area contributed by atoms with Gasteiger partial charge in [-0.1, -0.05) is 36.4 Å². The predicted octanol–water partition coefficient (Wildman–Crippen LogP) is 4.21. The lowest BCUT2D eigenvalue weighted by Gasteiger charge is -2.15. The third kappa shape index (κ3) is 1.90. The Bertz CT molecular complexity index is 814. The fourth-order valence-electron chi connectivity index (χ4n) is 3.44. The lowest BCUT2D eigenvalue weighted by Crippen LogP contribution is -2.17. The molecule has 0 atom stereocenters. The van der Waals surface area contributed by atoms with E-state index in [4.69, 9.17) is 0 Å². The van der Waals surface area contributed by atoms with E-state index >= 15 is 0 Å². The van der Waals surface area contributed by atoms with Crippen molar-refractivity contribution in [3.8, 4) is 0 Å². The van der Waals surface area contributed by atoms with Crippen LogP contribution in [-0.4, -0.2) is 10.5 Å². The number of para-hydroxylation sites is 1. The van der Waals surface area contributed by atoms with Crippen molar-refractivity contribution < 1.29 is 4.79 Å². The molecule has 0 unspecified atom stereocenters. The fraction of sp³-hybridized carbons (Fsp3) is 0.211. The van der Waals surface area contributed by atoms with E-state index in [-0.39, 0.29) is 5.91 Å². The molecule has 2 aromatic carbocycles. The van der Waals surface area contributed by atoms with Crippen molar-refractivity contribution in [3.05, 3.63) is 71.4 Å². The Morgan fingerprint density at radius 3 is 2.43 bits per heavy atom. The maximum atomic E-state index is 13.0. The van der Waals surface area contributed by atoms with Crippen LogP contribution in [0.1, 0.15) is 34.5 Å². The predicted molar refractivity (Wildman–Crippen MR) is 84.8 cm³/mol. The van der Waals surface area contributed by atoms with Crippen molar-refractivity contribution in [2.75, 3.05) is 0 Å². The molecule has 0 radical (unpaired) electrons. The second-order valence-corrected chi connectivity index (χ2v) is 5.66. The maximum absolute atomic E-state index is 13.0. The standard InChI is InChI=1S/C19H17NO/c21-19(14-8-2-1-3-9-14)20-17-12-6-4-10-15(17)16-11-5-7-13-18(16)20/h1-4,6,8-10,12H,5,7,11,13H2. The molecule has 0 amide bonds. The Labute approximate surface area is 124 Å². The van der Waals surface area contributed by atoms with Crippen LogP contribution in [0, 0.1) is 0 Å². The van der Waals surface area contributed by atoms with E-state index in [0.717, 1.165) is 23.9 Å². The van der Waals surface area contributed by atoms with Crippen molar-refractivity contribution in [2.45, 2.75) is 25.7 Å². The van der Waals surface area contributed by atoms with E-state index in [1.165, 1.54) is 29.5 Å². The molecule has 1 aromatic heterocycles. The zero-order chi connectivity index (χ0) is 14.2. The average molecular weight is 275 g/mol. The van der Waals surface area contributed by atoms with Gasteiger partial charge in [0.25, 0.3) is 5.91 Å². The Kier molecular flexibility index (Phi) is 2.88. The van der Waals surface area contributed by atoms with Gasteiger partial charge in [-0.25, -0.2) is 0 Å². The van der Waals surface area contributed by atoms with E-state index in [1.807, 2.05) is 41.0 Å². The first-order chi connectivity index (χ1) is 10.4. The molecular weight excluding hydrogens is 258 g/mol. The van der Waals surface area contributed by atoms with E-state index in [2.05, 4.69) is 18.2 Å². The van der Waals surface area contributed by atoms with Crippen LogP contribution >= 0.6 is 0 Å². The molecule has 1 aliphatic rings. The second kappa shape index (κ2) is 4.88. The Hall–Kier alpha value is -2.35. The van der Waals surface area contributed by atoms with Crippen LogP contribution in [0.3, 0.4) is 0 Å². The number of benzene rings is 2. The van der Waals surface area contributed by atoms with Gasteiger partial charge in [0.05, 0.1) is 5.52 Å². The average Bonchev–Trinajstić information content (AvgIpc) is 2.90. The molecule has 0 spiro atoms. The SMILES string of the molecule is O=C(c1ccccc1)n1c2c(c3ccccc31)CCCC2. The molecule has 1 heterocycles. The number of aryl methyl sites for hydroxylation is 1. The molecule has 2 heteroatoms. The van der Waals surface area contributed by atoms with Crippen molar-refractivity contribution in [1.29, 1.82) is 0 Å². The molecule has 0 N–H and O–H groups in total. The van der Waals surface area contributed by atoms with Gasteiger partial charge in [0.15, 0.2) is 0 Å². The van der Waals surface area contributed by atoms with E-state index < -0.39 is 0 Å². The molecule has 0 fully saturated rings. The smallest absolute Gasteiger partial charge is 0.262 e. The molecule has 104 valence electrons.